The normalized spacial score (nSPS) is 17.4. The van der Waals surface area contributed by atoms with E-state index in [1.165, 1.54) is 5.56 Å². The Kier molecular flexibility index (Phi) is 6.54. The van der Waals surface area contributed by atoms with Gasteiger partial charge in [-0.3, -0.25) is 9.69 Å². The number of benzene rings is 1. The topological polar surface area (TPSA) is 41.6 Å². The van der Waals surface area contributed by atoms with Gasteiger partial charge in [0.15, 0.2) is 0 Å². The van der Waals surface area contributed by atoms with E-state index < -0.39 is 0 Å². The second-order valence-electron chi connectivity index (χ2n) is 5.27. The number of ether oxygens (including phenoxy) is 1. The van der Waals surface area contributed by atoms with Crippen molar-refractivity contribution in [3.8, 4) is 0 Å². The molecule has 1 saturated heterocycles. The molecule has 0 spiro atoms. The summed E-state index contributed by atoms with van der Waals surface area (Å²) in [6, 6.07) is 8.17. The van der Waals surface area contributed by atoms with Gasteiger partial charge in [0.2, 0.25) is 5.91 Å². The van der Waals surface area contributed by atoms with Crippen molar-refractivity contribution in [2.75, 3.05) is 44.4 Å². The van der Waals surface area contributed by atoms with Crippen LogP contribution in [0.2, 0.25) is 0 Å². The van der Waals surface area contributed by atoms with Crippen LogP contribution in [0, 0.1) is 0 Å². The summed E-state index contributed by atoms with van der Waals surface area (Å²) < 4.78 is 5.35. The lowest BCUT2D eigenvalue weighted by molar-refractivity contribution is -0.115. The summed E-state index contributed by atoms with van der Waals surface area (Å²) in [5.74, 6) is 0.0589. The summed E-state index contributed by atoms with van der Waals surface area (Å²) >= 11 is 1.55. The standard InChI is InChI=1S/C16H24N2O2S/c1-13(21-2)16(19)17-15-5-3-14(4-6-15)7-8-18-9-11-20-12-10-18/h3-6,13H,7-12H2,1-2H3,(H,17,19)/t13-/m1/s1. The second kappa shape index (κ2) is 8.41. The summed E-state index contributed by atoms with van der Waals surface area (Å²) in [4.78, 5) is 14.2. The summed E-state index contributed by atoms with van der Waals surface area (Å²) in [6.45, 7) is 6.73. The van der Waals surface area contributed by atoms with Crippen molar-refractivity contribution in [3.63, 3.8) is 0 Å². The van der Waals surface area contributed by atoms with Crippen LogP contribution in [0.25, 0.3) is 0 Å². The number of anilines is 1. The first-order valence-electron chi connectivity index (χ1n) is 7.42. The van der Waals surface area contributed by atoms with E-state index in [0.717, 1.165) is 45.0 Å². The van der Waals surface area contributed by atoms with E-state index in [9.17, 15) is 4.79 Å². The van der Waals surface area contributed by atoms with E-state index in [-0.39, 0.29) is 11.2 Å². The van der Waals surface area contributed by atoms with Crippen molar-refractivity contribution in [1.82, 2.24) is 4.90 Å². The van der Waals surface area contributed by atoms with Gasteiger partial charge < -0.3 is 10.1 Å². The van der Waals surface area contributed by atoms with Gasteiger partial charge in [-0.05, 0) is 37.3 Å². The molecule has 1 aliphatic rings. The average Bonchev–Trinajstić information content (AvgIpc) is 2.54. The minimum Gasteiger partial charge on any atom is -0.379 e. The van der Waals surface area contributed by atoms with E-state index in [1.54, 1.807) is 11.8 Å². The molecule has 1 N–H and O–H groups in total. The Morgan fingerprint density at radius 2 is 2.00 bits per heavy atom. The van der Waals surface area contributed by atoms with Crippen molar-refractivity contribution in [3.05, 3.63) is 29.8 Å². The fourth-order valence-electron chi connectivity index (χ4n) is 2.22. The number of nitrogens with one attached hydrogen (secondary N) is 1. The number of thioether (sulfide) groups is 1. The summed E-state index contributed by atoms with van der Waals surface area (Å²) in [7, 11) is 0. The second-order valence-corrected chi connectivity index (χ2v) is 6.45. The summed E-state index contributed by atoms with van der Waals surface area (Å²) in [5, 5.41) is 2.92. The van der Waals surface area contributed by atoms with Gasteiger partial charge in [0.1, 0.15) is 0 Å². The zero-order chi connectivity index (χ0) is 15.1. The van der Waals surface area contributed by atoms with Gasteiger partial charge >= 0.3 is 0 Å². The molecule has 1 aromatic carbocycles. The Morgan fingerprint density at radius 3 is 2.62 bits per heavy atom. The lowest BCUT2D eigenvalue weighted by Crippen LogP contribution is -2.37. The van der Waals surface area contributed by atoms with Gasteiger partial charge in [-0.1, -0.05) is 12.1 Å². The lowest BCUT2D eigenvalue weighted by atomic mass is 10.1. The number of nitrogens with zero attached hydrogens (tertiary/aromatic N) is 1. The van der Waals surface area contributed by atoms with E-state index in [1.807, 2.05) is 25.3 Å². The Hall–Kier alpha value is -1.04. The zero-order valence-electron chi connectivity index (χ0n) is 12.8. The quantitative estimate of drug-likeness (QED) is 0.875. The molecule has 1 aliphatic heterocycles. The highest BCUT2D eigenvalue weighted by atomic mass is 32.2. The molecule has 1 heterocycles. The zero-order valence-corrected chi connectivity index (χ0v) is 13.6. The number of carbonyl (C=O) groups is 1. The van der Waals surface area contributed by atoms with Crippen LogP contribution in [0.5, 0.6) is 0 Å². The number of amides is 1. The molecule has 1 aromatic rings. The molecule has 1 atom stereocenters. The van der Waals surface area contributed by atoms with Crippen LogP contribution in [-0.4, -0.2) is 55.2 Å². The summed E-state index contributed by atoms with van der Waals surface area (Å²) in [6.07, 6.45) is 2.98. The van der Waals surface area contributed by atoms with Gasteiger partial charge in [-0.2, -0.15) is 11.8 Å². The molecule has 0 saturated carbocycles. The van der Waals surface area contributed by atoms with Crippen molar-refractivity contribution in [1.29, 1.82) is 0 Å². The molecule has 21 heavy (non-hydrogen) atoms. The number of carbonyl (C=O) groups excluding carboxylic acids is 1. The maximum Gasteiger partial charge on any atom is 0.237 e. The van der Waals surface area contributed by atoms with Crippen LogP contribution >= 0.6 is 11.8 Å². The van der Waals surface area contributed by atoms with E-state index >= 15 is 0 Å². The van der Waals surface area contributed by atoms with Gasteiger partial charge in [0, 0.05) is 25.3 Å². The molecule has 4 nitrogen and oxygen atoms in total. The molecular weight excluding hydrogens is 284 g/mol. The highest BCUT2D eigenvalue weighted by Gasteiger charge is 2.12. The van der Waals surface area contributed by atoms with Crippen molar-refractivity contribution in [2.45, 2.75) is 18.6 Å². The fourth-order valence-corrected chi connectivity index (χ4v) is 2.49. The third-order valence-corrected chi connectivity index (χ3v) is 4.69. The van der Waals surface area contributed by atoms with E-state index in [0.29, 0.717) is 0 Å². The molecule has 1 fully saturated rings. The minimum absolute atomic E-state index is 0.0222. The van der Waals surface area contributed by atoms with Crippen LogP contribution in [0.3, 0.4) is 0 Å². The third kappa shape index (κ3) is 5.34. The van der Waals surface area contributed by atoms with Crippen molar-refractivity contribution < 1.29 is 9.53 Å². The van der Waals surface area contributed by atoms with Crippen LogP contribution in [0.15, 0.2) is 24.3 Å². The Morgan fingerprint density at radius 1 is 1.33 bits per heavy atom. The molecule has 0 unspecified atom stereocenters. The molecule has 0 bridgehead atoms. The smallest absolute Gasteiger partial charge is 0.237 e. The Balaban J connectivity index is 1.79. The predicted octanol–water partition coefficient (Wildman–Crippen LogP) is 2.25. The first kappa shape index (κ1) is 16.3. The summed E-state index contributed by atoms with van der Waals surface area (Å²) in [5.41, 5.74) is 2.17. The van der Waals surface area contributed by atoms with Crippen LogP contribution in [0.4, 0.5) is 5.69 Å². The maximum absolute atomic E-state index is 11.8. The van der Waals surface area contributed by atoms with Crippen molar-refractivity contribution >= 4 is 23.4 Å². The molecule has 1 amide bonds. The van der Waals surface area contributed by atoms with Crippen molar-refractivity contribution in [2.24, 2.45) is 0 Å². The number of hydrogen-bond donors (Lipinski definition) is 1. The van der Waals surface area contributed by atoms with E-state index in [2.05, 4.69) is 22.3 Å². The molecule has 0 aromatic heterocycles. The van der Waals surface area contributed by atoms with Gasteiger partial charge in [0.05, 0.1) is 18.5 Å². The molecule has 0 radical (unpaired) electrons. The monoisotopic (exact) mass is 308 g/mol. The number of rotatable bonds is 6. The highest BCUT2D eigenvalue weighted by Crippen LogP contribution is 2.13. The fraction of sp³-hybridized carbons (Fsp3) is 0.562. The maximum atomic E-state index is 11.8. The van der Waals surface area contributed by atoms with E-state index in [4.69, 9.17) is 4.74 Å². The average molecular weight is 308 g/mol. The first-order chi connectivity index (χ1) is 10.2. The Labute approximate surface area is 131 Å². The SMILES string of the molecule is CS[C@H](C)C(=O)Nc1ccc(CCN2CCOCC2)cc1. The predicted molar refractivity (Wildman–Crippen MR) is 89.0 cm³/mol. The minimum atomic E-state index is -0.0222. The number of morpholine rings is 1. The molecular formula is C16H24N2O2S. The van der Waals surface area contributed by atoms with Gasteiger partial charge in [-0.15, -0.1) is 0 Å². The van der Waals surface area contributed by atoms with Gasteiger partial charge in [0.25, 0.3) is 0 Å². The third-order valence-electron chi connectivity index (χ3n) is 3.76. The number of hydrogen-bond acceptors (Lipinski definition) is 4. The van der Waals surface area contributed by atoms with Gasteiger partial charge in [-0.25, -0.2) is 0 Å². The van der Waals surface area contributed by atoms with Crippen LogP contribution in [-0.2, 0) is 16.0 Å². The van der Waals surface area contributed by atoms with Crippen LogP contribution in [0.1, 0.15) is 12.5 Å². The largest absolute Gasteiger partial charge is 0.379 e. The lowest BCUT2D eigenvalue weighted by Gasteiger charge is -2.26. The van der Waals surface area contributed by atoms with Crippen LogP contribution < -0.4 is 5.32 Å². The molecule has 5 heteroatoms. The Bertz CT molecular complexity index is 444. The molecule has 2 rings (SSSR count). The molecule has 0 aliphatic carbocycles. The first-order valence-corrected chi connectivity index (χ1v) is 8.70. The highest BCUT2D eigenvalue weighted by molar-refractivity contribution is 7.99. The molecule has 116 valence electrons.